The van der Waals surface area contributed by atoms with E-state index in [0.717, 1.165) is 24.9 Å². The first-order valence-corrected chi connectivity index (χ1v) is 12.0. The number of benzene rings is 1. The van der Waals surface area contributed by atoms with Gasteiger partial charge in [-0.05, 0) is 32.4 Å². The van der Waals surface area contributed by atoms with Crippen LogP contribution in [0.1, 0.15) is 57.2 Å². The lowest BCUT2D eigenvalue weighted by atomic mass is 9.78. The summed E-state index contributed by atoms with van der Waals surface area (Å²) in [4.78, 5) is 30.3. The van der Waals surface area contributed by atoms with Gasteiger partial charge in [0.25, 0.3) is 0 Å². The summed E-state index contributed by atoms with van der Waals surface area (Å²) in [5, 5.41) is 5.85. The molecule has 7 nitrogen and oxygen atoms in total. The van der Waals surface area contributed by atoms with Crippen molar-refractivity contribution in [2.75, 3.05) is 18.5 Å². The summed E-state index contributed by atoms with van der Waals surface area (Å²) in [7, 11) is 0. The summed E-state index contributed by atoms with van der Waals surface area (Å²) in [5.74, 6) is -1.04. The molecule has 2 fully saturated rings. The van der Waals surface area contributed by atoms with Crippen molar-refractivity contribution in [3.05, 3.63) is 40.9 Å². The zero-order valence-electron chi connectivity index (χ0n) is 18.8. The molecule has 2 saturated heterocycles. The van der Waals surface area contributed by atoms with E-state index in [-0.39, 0.29) is 12.8 Å². The van der Waals surface area contributed by atoms with Crippen LogP contribution in [-0.4, -0.2) is 36.2 Å². The largest absolute Gasteiger partial charge is 0.459 e. The van der Waals surface area contributed by atoms with E-state index in [1.54, 1.807) is 0 Å². The molecule has 4 rings (SSSR count). The van der Waals surface area contributed by atoms with Crippen molar-refractivity contribution in [1.82, 2.24) is 4.98 Å². The van der Waals surface area contributed by atoms with Gasteiger partial charge >= 0.3 is 11.9 Å². The van der Waals surface area contributed by atoms with E-state index in [9.17, 15) is 9.59 Å². The van der Waals surface area contributed by atoms with Gasteiger partial charge in [-0.15, -0.1) is 11.3 Å². The van der Waals surface area contributed by atoms with Gasteiger partial charge in [-0.1, -0.05) is 37.5 Å². The highest BCUT2D eigenvalue weighted by Crippen LogP contribution is 2.52. The normalized spacial score (nSPS) is 27.0. The minimum Gasteiger partial charge on any atom is -0.459 e. The highest BCUT2D eigenvalue weighted by Gasteiger charge is 2.65. The second-order valence-corrected chi connectivity index (χ2v) is 9.78. The monoisotopic (exact) mass is 458 g/mol. The van der Waals surface area contributed by atoms with E-state index in [1.165, 1.54) is 16.9 Å². The van der Waals surface area contributed by atoms with Crippen molar-refractivity contribution >= 4 is 34.1 Å². The van der Waals surface area contributed by atoms with Gasteiger partial charge in [0.15, 0.2) is 16.1 Å². The van der Waals surface area contributed by atoms with Gasteiger partial charge in [0, 0.05) is 30.5 Å². The number of carbonyl (C=O) groups is 2. The van der Waals surface area contributed by atoms with Crippen LogP contribution >= 0.6 is 11.3 Å². The minimum absolute atomic E-state index is 0.220. The van der Waals surface area contributed by atoms with E-state index in [2.05, 4.69) is 17.2 Å². The Bertz CT molecular complexity index is 975. The average molecular weight is 459 g/mol. The smallest absolute Gasteiger partial charge is 0.324 e. The summed E-state index contributed by atoms with van der Waals surface area (Å²) >= 11 is 1.44. The molecule has 1 N–H and O–H groups in total. The number of cyclic esters (lactones) is 2. The molecular formula is C24H30N2O5S. The second-order valence-electron chi connectivity index (χ2n) is 8.92. The molecule has 0 amide bonds. The van der Waals surface area contributed by atoms with Crippen molar-refractivity contribution in [1.29, 1.82) is 0 Å². The molecule has 172 valence electrons. The Kier molecular flexibility index (Phi) is 6.53. The third-order valence-electron chi connectivity index (χ3n) is 6.13. The molecule has 32 heavy (non-hydrogen) atoms. The van der Waals surface area contributed by atoms with Crippen LogP contribution in [0.3, 0.4) is 0 Å². The summed E-state index contributed by atoms with van der Waals surface area (Å²) in [6.45, 7) is 6.92. The number of ether oxygens (including phenoxy) is 3. The third-order valence-corrected chi connectivity index (χ3v) is 6.89. The van der Waals surface area contributed by atoms with E-state index >= 15 is 0 Å². The number of esters is 2. The number of nitrogens with one attached hydrogen (secondary N) is 1. The fourth-order valence-electron chi connectivity index (χ4n) is 4.31. The molecule has 0 saturated carbocycles. The van der Waals surface area contributed by atoms with Crippen LogP contribution in [0.5, 0.6) is 0 Å². The van der Waals surface area contributed by atoms with Gasteiger partial charge in [0.05, 0.1) is 12.3 Å². The number of anilines is 2. The summed E-state index contributed by atoms with van der Waals surface area (Å²) in [5.41, 5.74) is 0.494. The number of unbranched alkanes of at least 4 members (excludes halogenated alkanes) is 2. The molecule has 1 aromatic heterocycles. The number of thiazole rings is 1. The number of hydrogen-bond donors (Lipinski definition) is 1. The first kappa shape index (κ1) is 22.7. The van der Waals surface area contributed by atoms with Gasteiger partial charge in [0.1, 0.15) is 6.10 Å². The number of aryl methyl sites for hydroxylation is 1. The van der Waals surface area contributed by atoms with Crippen LogP contribution in [0.15, 0.2) is 29.6 Å². The van der Waals surface area contributed by atoms with Crippen LogP contribution in [-0.2, 0) is 29.4 Å². The quantitative estimate of drug-likeness (QED) is 0.326. The molecular weight excluding hydrogens is 428 g/mol. The van der Waals surface area contributed by atoms with Crippen LogP contribution in [0.25, 0.3) is 0 Å². The third kappa shape index (κ3) is 4.52. The number of nitrogens with zero attached hydrogens (tertiary/aromatic N) is 1. The maximum absolute atomic E-state index is 12.9. The first-order valence-electron chi connectivity index (χ1n) is 11.2. The number of hydrogen-bond acceptors (Lipinski definition) is 8. The van der Waals surface area contributed by atoms with Gasteiger partial charge in [0.2, 0.25) is 0 Å². The van der Waals surface area contributed by atoms with E-state index < -0.39 is 29.1 Å². The van der Waals surface area contributed by atoms with Gasteiger partial charge in [-0.2, -0.15) is 0 Å². The van der Waals surface area contributed by atoms with Crippen molar-refractivity contribution in [2.24, 2.45) is 5.41 Å². The topological polar surface area (TPSA) is 86.8 Å². The fraction of sp³-hybridized carbons (Fsp3) is 0.542. The van der Waals surface area contributed by atoms with Crippen molar-refractivity contribution in [3.63, 3.8) is 0 Å². The maximum atomic E-state index is 12.9. The number of carbonyl (C=O) groups excluding carboxylic acids is 2. The molecule has 3 heterocycles. The zero-order chi connectivity index (χ0) is 22.8. The SMILES string of the molecule is CCCCCOC[C@@H]1C[C@]2(C[C@@](C)(c3csc(Nc4ccc(C)cc4)n3)OC2=O)C(=O)O1. The maximum Gasteiger partial charge on any atom is 0.324 e. The van der Waals surface area contributed by atoms with Crippen LogP contribution in [0.4, 0.5) is 10.8 Å². The standard InChI is InChI=1S/C24H30N2O5S/c1-4-5-6-11-29-13-18-12-24(20(27)30-18)15-23(3,31-21(24)28)19-14-32-22(26-19)25-17-9-7-16(2)8-10-17/h7-10,14,18H,4-6,11-13,15H2,1-3H3,(H,25,26)/t18-,23-,24-/m0/s1. The fourth-order valence-corrected chi connectivity index (χ4v) is 5.17. The highest BCUT2D eigenvalue weighted by molar-refractivity contribution is 7.13. The Morgan fingerprint density at radius 3 is 2.75 bits per heavy atom. The lowest BCUT2D eigenvalue weighted by Crippen LogP contribution is -2.32. The Balaban J connectivity index is 1.41. The van der Waals surface area contributed by atoms with Crippen molar-refractivity contribution in [3.8, 4) is 0 Å². The molecule has 0 radical (unpaired) electrons. The van der Waals surface area contributed by atoms with Crippen LogP contribution < -0.4 is 5.32 Å². The van der Waals surface area contributed by atoms with E-state index in [4.69, 9.17) is 14.2 Å². The van der Waals surface area contributed by atoms with Gasteiger partial charge in [-0.25, -0.2) is 4.98 Å². The van der Waals surface area contributed by atoms with E-state index in [0.29, 0.717) is 24.0 Å². The number of rotatable bonds is 9. The predicted molar refractivity (Wildman–Crippen MR) is 122 cm³/mol. The Morgan fingerprint density at radius 1 is 1.22 bits per heavy atom. The van der Waals surface area contributed by atoms with Crippen molar-refractivity contribution < 1.29 is 23.8 Å². The molecule has 0 aliphatic carbocycles. The predicted octanol–water partition coefficient (Wildman–Crippen LogP) is 4.87. The molecule has 0 unspecified atom stereocenters. The molecule has 3 atom stereocenters. The Morgan fingerprint density at radius 2 is 2.00 bits per heavy atom. The lowest BCUT2D eigenvalue weighted by molar-refractivity contribution is -0.160. The van der Waals surface area contributed by atoms with Crippen LogP contribution in [0.2, 0.25) is 0 Å². The Labute approximate surface area is 192 Å². The average Bonchev–Trinajstić information content (AvgIpc) is 3.42. The number of aromatic nitrogens is 1. The zero-order valence-corrected chi connectivity index (χ0v) is 19.6. The summed E-state index contributed by atoms with van der Waals surface area (Å²) in [6, 6.07) is 8.02. The van der Waals surface area contributed by atoms with E-state index in [1.807, 2.05) is 43.5 Å². The molecule has 1 spiro atoms. The summed E-state index contributed by atoms with van der Waals surface area (Å²) in [6.07, 6.45) is 3.28. The van der Waals surface area contributed by atoms with Gasteiger partial charge < -0.3 is 19.5 Å². The van der Waals surface area contributed by atoms with Gasteiger partial charge in [-0.3, -0.25) is 9.59 Å². The Hall–Kier alpha value is -2.45. The first-order chi connectivity index (χ1) is 15.3. The molecule has 1 aromatic carbocycles. The molecule has 2 aliphatic heterocycles. The summed E-state index contributed by atoms with van der Waals surface area (Å²) < 4.78 is 16.9. The van der Waals surface area contributed by atoms with Crippen molar-refractivity contribution in [2.45, 2.75) is 64.6 Å². The molecule has 8 heteroatoms. The highest BCUT2D eigenvalue weighted by atomic mass is 32.1. The minimum atomic E-state index is -1.28. The lowest BCUT2D eigenvalue weighted by Gasteiger charge is -2.20. The molecule has 2 aliphatic rings. The second kappa shape index (κ2) is 9.19. The molecule has 2 aromatic rings. The van der Waals surface area contributed by atoms with Crippen LogP contribution in [0, 0.1) is 12.3 Å². The molecule has 0 bridgehead atoms.